The average molecular weight is 243 g/mol. The largest absolute Gasteiger partial charge is 0.313 e. The molecule has 2 heteroatoms. The predicted molar refractivity (Wildman–Crippen MR) is 72.8 cm³/mol. The summed E-state index contributed by atoms with van der Waals surface area (Å²) < 4.78 is 0. The lowest BCUT2D eigenvalue weighted by atomic mass is 9.78. The van der Waals surface area contributed by atoms with Gasteiger partial charge in [0, 0.05) is 17.5 Å². The Labute approximate surface area is 109 Å². The van der Waals surface area contributed by atoms with Crippen LogP contribution in [0.5, 0.6) is 0 Å². The number of nitrogens with one attached hydrogen (secondary N) is 1. The van der Waals surface area contributed by atoms with E-state index in [9.17, 15) is 4.79 Å². The van der Waals surface area contributed by atoms with Crippen molar-refractivity contribution in [1.82, 2.24) is 5.32 Å². The number of carbonyl (C=O) groups is 1. The molecular formula is C16H21NO. The molecule has 1 aliphatic heterocycles. The second-order valence-electron chi connectivity index (χ2n) is 5.58. The van der Waals surface area contributed by atoms with Crippen molar-refractivity contribution in [2.45, 2.75) is 44.6 Å². The van der Waals surface area contributed by atoms with E-state index >= 15 is 0 Å². The molecule has 1 heterocycles. The lowest BCUT2D eigenvalue weighted by molar-refractivity contribution is 0.0865. The van der Waals surface area contributed by atoms with Crippen LogP contribution in [-0.2, 0) is 6.42 Å². The molecule has 18 heavy (non-hydrogen) atoms. The van der Waals surface area contributed by atoms with Crippen molar-refractivity contribution in [3.8, 4) is 0 Å². The van der Waals surface area contributed by atoms with Gasteiger partial charge in [0.05, 0.1) is 0 Å². The molecule has 1 N–H and O–H groups in total. The van der Waals surface area contributed by atoms with Crippen LogP contribution in [0.4, 0.5) is 0 Å². The number of fused-ring (bicyclic) bond motifs is 1. The van der Waals surface area contributed by atoms with E-state index in [0.717, 1.165) is 24.9 Å². The molecule has 2 atom stereocenters. The monoisotopic (exact) mass is 243 g/mol. The highest BCUT2D eigenvalue weighted by Crippen LogP contribution is 2.30. The molecule has 0 unspecified atom stereocenters. The molecule has 0 bridgehead atoms. The van der Waals surface area contributed by atoms with Crippen LogP contribution >= 0.6 is 0 Å². The molecule has 1 aliphatic carbocycles. The summed E-state index contributed by atoms with van der Waals surface area (Å²) in [6, 6.07) is 8.54. The first-order valence-corrected chi connectivity index (χ1v) is 7.22. The van der Waals surface area contributed by atoms with Crippen molar-refractivity contribution in [2.24, 2.45) is 5.92 Å². The third-order valence-electron chi connectivity index (χ3n) is 4.43. The molecule has 1 aromatic rings. The first kappa shape index (κ1) is 11.9. The van der Waals surface area contributed by atoms with Crippen molar-refractivity contribution in [1.29, 1.82) is 0 Å². The first-order chi connectivity index (χ1) is 8.86. The summed E-state index contributed by atoms with van der Waals surface area (Å²) in [6.07, 6.45) is 7.08. The van der Waals surface area contributed by atoms with Gasteiger partial charge in [0.2, 0.25) is 0 Å². The zero-order chi connectivity index (χ0) is 12.4. The maximum atomic E-state index is 12.6. The molecule has 0 spiro atoms. The van der Waals surface area contributed by atoms with Crippen LogP contribution in [0.2, 0.25) is 0 Å². The van der Waals surface area contributed by atoms with Crippen molar-refractivity contribution in [3.05, 3.63) is 35.4 Å². The van der Waals surface area contributed by atoms with Crippen molar-refractivity contribution >= 4 is 5.78 Å². The molecule has 2 nitrogen and oxygen atoms in total. The fourth-order valence-electron chi connectivity index (χ4n) is 3.40. The summed E-state index contributed by atoms with van der Waals surface area (Å²) in [5.41, 5.74) is 2.21. The molecule has 0 radical (unpaired) electrons. The van der Waals surface area contributed by atoms with Crippen molar-refractivity contribution in [2.75, 3.05) is 6.54 Å². The highest BCUT2D eigenvalue weighted by molar-refractivity contribution is 6.00. The minimum absolute atomic E-state index is 0.206. The zero-order valence-electron chi connectivity index (χ0n) is 10.8. The van der Waals surface area contributed by atoms with E-state index in [1.165, 1.54) is 31.2 Å². The van der Waals surface area contributed by atoms with Gasteiger partial charge < -0.3 is 5.32 Å². The zero-order valence-corrected chi connectivity index (χ0v) is 10.8. The normalized spacial score (nSPS) is 28.6. The SMILES string of the molecule is O=C1c2ccccc2CC[C@@H]1[C@@H]1CCCCCN1. The van der Waals surface area contributed by atoms with E-state index in [-0.39, 0.29) is 5.92 Å². The molecule has 3 rings (SSSR count). The van der Waals surface area contributed by atoms with Gasteiger partial charge in [-0.3, -0.25) is 4.79 Å². The summed E-state index contributed by atoms with van der Waals surface area (Å²) in [4.78, 5) is 12.6. The second-order valence-corrected chi connectivity index (χ2v) is 5.58. The van der Waals surface area contributed by atoms with Crippen molar-refractivity contribution < 1.29 is 4.79 Å². The molecule has 1 fully saturated rings. The van der Waals surface area contributed by atoms with E-state index in [4.69, 9.17) is 0 Å². The number of hydrogen-bond donors (Lipinski definition) is 1. The van der Waals surface area contributed by atoms with Crippen LogP contribution in [0.3, 0.4) is 0 Å². The summed E-state index contributed by atoms with van der Waals surface area (Å²) in [5.74, 6) is 0.578. The van der Waals surface area contributed by atoms with Gasteiger partial charge in [0.1, 0.15) is 0 Å². The number of benzene rings is 1. The van der Waals surface area contributed by atoms with Crippen LogP contribution in [0.15, 0.2) is 24.3 Å². The maximum Gasteiger partial charge on any atom is 0.167 e. The minimum Gasteiger partial charge on any atom is -0.313 e. The van der Waals surface area contributed by atoms with Gasteiger partial charge in [-0.25, -0.2) is 0 Å². The van der Waals surface area contributed by atoms with Crippen LogP contribution in [0, 0.1) is 5.92 Å². The fraction of sp³-hybridized carbons (Fsp3) is 0.562. The van der Waals surface area contributed by atoms with Crippen molar-refractivity contribution in [3.63, 3.8) is 0 Å². The number of aryl methyl sites for hydroxylation is 1. The Morgan fingerprint density at radius 1 is 1.06 bits per heavy atom. The Balaban J connectivity index is 1.81. The number of carbonyl (C=O) groups excluding carboxylic acids is 1. The second kappa shape index (κ2) is 5.23. The van der Waals surface area contributed by atoms with E-state index in [2.05, 4.69) is 11.4 Å². The fourth-order valence-corrected chi connectivity index (χ4v) is 3.40. The van der Waals surface area contributed by atoms with Gasteiger partial charge in [-0.15, -0.1) is 0 Å². The molecule has 1 aromatic carbocycles. The highest BCUT2D eigenvalue weighted by atomic mass is 16.1. The number of Topliss-reactive ketones (excluding diaryl/α,β-unsaturated/α-hetero) is 1. The Kier molecular flexibility index (Phi) is 3.46. The Bertz CT molecular complexity index is 432. The number of rotatable bonds is 1. The number of hydrogen-bond acceptors (Lipinski definition) is 2. The van der Waals surface area contributed by atoms with Gasteiger partial charge in [-0.05, 0) is 37.8 Å². The quantitative estimate of drug-likeness (QED) is 0.821. The third kappa shape index (κ3) is 2.22. The van der Waals surface area contributed by atoms with Gasteiger partial charge >= 0.3 is 0 Å². The molecule has 96 valence electrons. The lowest BCUT2D eigenvalue weighted by Gasteiger charge is -2.30. The van der Waals surface area contributed by atoms with Crippen LogP contribution in [0.1, 0.15) is 48.0 Å². The molecule has 1 saturated heterocycles. The summed E-state index contributed by atoms with van der Waals surface area (Å²) in [6.45, 7) is 1.08. The van der Waals surface area contributed by atoms with Crippen LogP contribution < -0.4 is 5.32 Å². The average Bonchev–Trinajstić information content (AvgIpc) is 2.68. The molecule has 2 aliphatic rings. The summed E-state index contributed by atoms with van der Waals surface area (Å²) in [7, 11) is 0. The van der Waals surface area contributed by atoms with Gasteiger partial charge in [0.25, 0.3) is 0 Å². The standard InChI is InChI=1S/C16H21NO/c18-16-13-7-4-3-6-12(13)9-10-14(16)15-8-2-1-5-11-17-15/h3-4,6-7,14-15,17H,1-2,5,8-11H2/t14-,15+/m1/s1. The highest BCUT2D eigenvalue weighted by Gasteiger charge is 2.33. The first-order valence-electron chi connectivity index (χ1n) is 7.22. The maximum absolute atomic E-state index is 12.6. The van der Waals surface area contributed by atoms with E-state index in [1.54, 1.807) is 0 Å². The molecule has 0 amide bonds. The van der Waals surface area contributed by atoms with Gasteiger partial charge in [-0.1, -0.05) is 37.1 Å². The molecular weight excluding hydrogens is 222 g/mol. The Morgan fingerprint density at radius 3 is 2.89 bits per heavy atom. The predicted octanol–water partition coefficient (Wildman–Crippen LogP) is 2.96. The lowest BCUT2D eigenvalue weighted by Crippen LogP contribution is -2.41. The van der Waals surface area contributed by atoms with Gasteiger partial charge in [-0.2, -0.15) is 0 Å². The number of ketones is 1. The smallest absolute Gasteiger partial charge is 0.167 e. The Hall–Kier alpha value is -1.15. The van der Waals surface area contributed by atoms with E-state index in [1.807, 2.05) is 18.2 Å². The van der Waals surface area contributed by atoms with E-state index < -0.39 is 0 Å². The van der Waals surface area contributed by atoms with Crippen LogP contribution in [-0.4, -0.2) is 18.4 Å². The van der Waals surface area contributed by atoms with E-state index in [0.29, 0.717) is 11.8 Å². The Morgan fingerprint density at radius 2 is 1.94 bits per heavy atom. The topological polar surface area (TPSA) is 29.1 Å². The summed E-state index contributed by atoms with van der Waals surface area (Å²) in [5, 5.41) is 3.59. The third-order valence-corrected chi connectivity index (χ3v) is 4.43. The molecule has 0 aromatic heterocycles. The summed E-state index contributed by atoms with van der Waals surface area (Å²) >= 11 is 0. The minimum atomic E-state index is 0.206. The van der Waals surface area contributed by atoms with Crippen LogP contribution in [0.25, 0.3) is 0 Å². The van der Waals surface area contributed by atoms with Gasteiger partial charge in [0.15, 0.2) is 5.78 Å². The molecule has 0 saturated carbocycles.